The highest BCUT2D eigenvalue weighted by molar-refractivity contribution is 5.51. The summed E-state index contributed by atoms with van der Waals surface area (Å²) in [6, 6.07) is 2.34. The van der Waals surface area contributed by atoms with Gasteiger partial charge in [-0.05, 0) is 19.4 Å². The molecule has 0 aromatic carbocycles. The first-order valence-corrected chi connectivity index (χ1v) is 6.69. The van der Waals surface area contributed by atoms with Gasteiger partial charge in [0.25, 0.3) is 0 Å². The van der Waals surface area contributed by atoms with Gasteiger partial charge in [0.1, 0.15) is 12.1 Å². The number of fused-ring (bicyclic) bond motifs is 1. The highest BCUT2D eigenvalue weighted by atomic mass is 16.1. The van der Waals surface area contributed by atoms with Crippen LogP contribution in [0.2, 0.25) is 0 Å². The zero-order valence-electron chi connectivity index (χ0n) is 11.0. The minimum atomic E-state index is -0.250. The van der Waals surface area contributed by atoms with Gasteiger partial charge >= 0.3 is 5.69 Å². The molecule has 0 amide bonds. The molecule has 1 atom stereocenters. The number of anilines is 1. The third-order valence-corrected chi connectivity index (χ3v) is 3.60. The summed E-state index contributed by atoms with van der Waals surface area (Å²) in [7, 11) is 0. The van der Waals surface area contributed by atoms with Gasteiger partial charge in [-0.2, -0.15) is 5.10 Å². The summed E-state index contributed by atoms with van der Waals surface area (Å²) in [5.41, 5.74) is 0.365. The highest BCUT2D eigenvalue weighted by Crippen LogP contribution is 2.23. The molecule has 102 valence electrons. The number of nitrogens with zero attached hydrogens (tertiary/aromatic N) is 4. The molecule has 2 N–H and O–H groups in total. The number of likely N-dealkylation sites (N-methyl/N-ethyl adjacent to an activating group) is 1. The molecular formula is C12H18N6O. The van der Waals surface area contributed by atoms with Gasteiger partial charge in [0.15, 0.2) is 5.65 Å². The molecule has 1 saturated heterocycles. The second kappa shape index (κ2) is 5.00. The Labute approximate surface area is 110 Å². The molecule has 19 heavy (non-hydrogen) atoms. The van der Waals surface area contributed by atoms with Crippen LogP contribution in [-0.4, -0.2) is 45.3 Å². The third-order valence-electron chi connectivity index (χ3n) is 3.60. The number of rotatable bonds is 4. The minimum Gasteiger partial charge on any atom is -0.352 e. The molecule has 3 heterocycles. The second-order valence-electron chi connectivity index (χ2n) is 4.80. The lowest BCUT2D eigenvalue weighted by Gasteiger charge is -2.25. The molecule has 2 aromatic rings. The fourth-order valence-electron chi connectivity index (χ4n) is 2.62. The normalized spacial score (nSPS) is 19.4. The van der Waals surface area contributed by atoms with Gasteiger partial charge in [-0.3, -0.25) is 0 Å². The number of aromatic amines is 1. The Hall–Kier alpha value is -1.89. The monoisotopic (exact) mass is 262 g/mol. The Morgan fingerprint density at radius 2 is 2.47 bits per heavy atom. The van der Waals surface area contributed by atoms with Gasteiger partial charge in [-0.15, -0.1) is 0 Å². The first-order valence-electron chi connectivity index (χ1n) is 6.69. The van der Waals surface area contributed by atoms with Crippen LogP contribution in [0.1, 0.15) is 19.8 Å². The van der Waals surface area contributed by atoms with Crippen LogP contribution >= 0.6 is 0 Å². The second-order valence-corrected chi connectivity index (χ2v) is 4.80. The fraction of sp³-hybridized carbons (Fsp3) is 0.583. The van der Waals surface area contributed by atoms with Crippen LogP contribution in [0.5, 0.6) is 0 Å². The van der Waals surface area contributed by atoms with Crippen LogP contribution in [0.4, 0.5) is 5.82 Å². The topological polar surface area (TPSA) is 78.3 Å². The molecule has 0 radical (unpaired) electrons. The number of aromatic nitrogens is 4. The van der Waals surface area contributed by atoms with E-state index in [2.05, 4.69) is 32.3 Å². The standard InChI is InChI=1S/C12H18N6O/c1-2-13-7-9-4-3-5-17(9)10-6-11-15-16-12(19)18(11)8-14-10/h6,8-9,13H,2-5,7H2,1H3,(H,16,19). The van der Waals surface area contributed by atoms with Crippen molar-refractivity contribution in [2.75, 3.05) is 24.5 Å². The van der Waals surface area contributed by atoms with Crippen molar-refractivity contribution in [3.8, 4) is 0 Å². The zero-order valence-corrected chi connectivity index (χ0v) is 11.0. The molecule has 1 fully saturated rings. The van der Waals surface area contributed by atoms with Crippen molar-refractivity contribution in [2.45, 2.75) is 25.8 Å². The van der Waals surface area contributed by atoms with Crippen LogP contribution in [0.25, 0.3) is 5.65 Å². The van der Waals surface area contributed by atoms with Crippen LogP contribution in [-0.2, 0) is 0 Å². The Balaban J connectivity index is 1.88. The molecule has 0 spiro atoms. The van der Waals surface area contributed by atoms with Gasteiger partial charge in [0, 0.05) is 25.2 Å². The first-order chi connectivity index (χ1) is 9.29. The van der Waals surface area contributed by atoms with Crippen LogP contribution in [0.15, 0.2) is 17.2 Å². The molecular weight excluding hydrogens is 244 g/mol. The molecule has 0 bridgehead atoms. The van der Waals surface area contributed by atoms with E-state index in [0.717, 1.165) is 25.5 Å². The first kappa shape index (κ1) is 12.2. The predicted molar refractivity (Wildman–Crippen MR) is 72.5 cm³/mol. The van der Waals surface area contributed by atoms with Crippen molar-refractivity contribution in [1.29, 1.82) is 0 Å². The van der Waals surface area contributed by atoms with E-state index in [4.69, 9.17) is 0 Å². The number of nitrogens with one attached hydrogen (secondary N) is 2. The summed E-state index contributed by atoms with van der Waals surface area (Å²) in [5.74, 6) is 0.895. The molecule has 1 aliphatic heterocycles. The van der Waals surface area contributed by atoms with Crippen LogP contribution < -0.4 is 15.9 Å². The van der Waals surface area contributed by atoms with E-state index in [1.165, 1.54) is 17.2 Å². The largest absolute Gasteiger partial charge is 0.352 e. The molecule has 3 rings (SSSR count). The number of H-pyrrole nitrogens is 1. The quantitative estimate of drug-likeness (QED) is 0.810. The van der Waals surface area contributed by atoms with E-state index in [9.17, 15) is 4.79 Å². The summed E-state index contributed by atoms with van der Waals surface area (Å²) in [4.78, 5) is 18.1. The van der Waals surface area contributed by atoms with Crippen molar-refractivity contribution < 1.29 is 0 Å². The smallest absolute Gasteiger partial charge is 0.348 e. The lowest BCUT2D eigenvalue weighted by Crippen LogP contribution is -2.38. The summed E-state index contributed by atoms with van der Waals surface area (Å²) >= 11 is 0. The van der Waals surface area contributed by atoms with Crippen molar-refractivity contribution in [3.05, 3.63) is 22.9 Å². The zero-order chi connectivity index (χ0) is 13.2. The maximum Gasteiger partial charge on any atom is 0.348 e. The van der Waals surface area contributed by atoms with Gasteiger partial charge in [-0.1, -0.05) is 6.92 Å². The Morgan fingerprint density at radius 1 is 1.58 bits per heavy atom. The van der Waals surface area contributed by atoms with E-state index in [-0.39, 0.29) is 5.69 Å². The SMILES string of the molecule is CCNCC1CCCN1c1cc2n[nH]c(=O)n2cn1. The predicted octanol–water partition coefficient (Wildman–Crippen LogP) is -0.00410. The van der Waals surface area contributed by atoms with Crippen LogP contribution in [0, 0.1) is 0 Å². The van der Waals surface area contributed by atoms with E-state index in [0.29, 0.717) is 11.7 Å². The number of hydrogen-bond acceptors (Lipinski definition) is 5. The minimum absolute atomic E-state index is 0.250. The average Bonchev–Trinajstić information content (AvgIpc) is 3.03. The summed E-state index contributed by atoms with van der Waals surface area (Å²) < 4.78 is 1.42. The summed E-state index contributed by atoms with van der Waals surface area (Å²) in [5, 5.41) is 9.79. The third kappa shape index (κ3) is 2.21. The molecule has 2 aromatic heterocycles. The van der Waals surface area contributed by atoms with E-state index in [1.54, 1.807) is 6.33 Å². The molecule has 0 aliphatic carbocycles. The average molecular weight is 262 g/mol. The van der Waals surface area contributed by atoms with Crippen molar-refractivity contribution in [1.82, 2.24) is 24.9 Å². The number of hydrogen-bond donors (Lipinski definition) is 2. The van der Waals surface area contributed by atoms with Crippen LogP contribution in [0.3, 0.4) is 0 Å². The molecule has 7 heteroatoms. The van der Waals surface area contributed by atoms with Gasteiger partial charge < -0.3 is 10.2 Å². The molecule has 7 nitrogen and oxygen atoms in total. The maximum absolute atomic E-state index is 11.4. The highest BCUT2D eigenvalue weighted by Gasteiger charge is 2.25. The lowest BCUT2D eigenvalue weighted by atomic mass is 10.2. The molecule has 1 aliphatic rings. The lowest BCUT2D eigenvalue weighted by molar-refractivity contribution is 0.584. The van der Waals surface area contributed by atoms with Crippen molar-refractivity contribution in [3.63, 3.8) is 0 Å². The van der Waals surface area contributed by atoms with E-state index in [1.807, 2.05) is 6.07 Å². The molecule has 1 unspecified atom stereocenters. The van der Waals surface area contributed by atoms with E-state index < -0.39 is 0 Å². The Morgan fingerprint density at radius 3 is 3.32 bits per heavy atom. The summed E-state index contributed by atoms with van der Waals surface area (Å²) in [6.07, 6.45) is 3.89. The molecule has 0 saturated carbocycles. The Bertz CT molecular complexity index is 618. The van der Waals surface area contributed by atoms with Gasteiger partial charge in [-0.25, -0.2) is 19.3 Å². The van der Waals surface area contributed by atoms with Gasteiger partial charge in [0.05, 0.1) is 0 Å². The Kier molecular flexibility index (Phi) is 3.20. The van der Waals surface area contributed by atoms with Crippen molar-refractivity contribution in [2.24, 2.45) is 0 Å². The maximum atomic E-state index is 11.4. The fourth-order valence-corrected chi connectivity index (χ4v) is 2.62. The summed E-state index contributed by atoms with van der Waals surface area (Å²) in [6.45, 7) is 5.07. The van der Waals surface area contributed by atoms with Crippen molar-refractivity contribution >= 4 is 11.5 Å². The van der Waals surface area contributed by atoms with E-state index >= 15 is 0 Å². The van der Waals surface area contributed by atoms with Gasteiger partial charge in [0.2, 0.25) is 0 Å².